The third-order valence-electron chi connectivity index (χ3n) is 3.50. The van der Waals surface area contributed by atoms with E-state index in [2.05, 4.69) is 0 Å². The number of carbonyl (C=O) groups excluding carboxylic acids is 2. The van der Waals surface area contributed by atoms with Gasteiger partial charge in [0.15, 0.2) is 0 Å². The van der Waals surface area contributed by atoms with Gasteiger partial charge in [-0.15, -0.1) is 0 Å². The van der Waals surface area contributed by atoms with E-state index >= 15 is 0 Å². The number of benzene rings is 1. The van der Waals surface area contributed by atoms with Crippen molar-refractivity contribution in [3.63, 3.8) is 0 Å². The van der Waals surface area contributed by atoms with Gasteiger partial charge in [-0.25, -0.2) is 0 Å². The van der Waals surface area contributed by atoms with Crippen molar-refractivity contribution in [3.8, 4) is 5.75 Å². The molecule has 0 bridgehead atoms. The number of carbonyl (C=O) groups is 2. The van der Waals surface area contributed by atoms with E-state index < -0.39 is 0 Å². The van der Waals surface area contributed by atoms with Crippen molar-refractivity contribution in [2.45, 2.75) is 13.3 Å². The lowest BCUT2D eigenvalue weighted by atomic mass is 10.1. The molecule has 1 aromatic carbocycles. The minimum atomic E-state index is -0.384. The Morgan fingerprint density at radius 1 is 1.13 bits per heavy atom. The van der Waals surface area contributed by atoms with Gasteiger partial charge in [0.05, 0.1) is 20.1 Å². The first-order chi connectivity index (χ1) is 11.0. The molecule has 23 heavy (non-hydrogen) atoms. The molecule has 1 atom stereocenters. The van der Waals surface area contributed by atoms with Crippen LogP contribution in [0.1, 0.15) is 23.7 Å². The van der Waals surface area contributed by atoms with Gasteiger partial charge >= 0.3 is 5.97 Å². The maximum absolute atomic E-state index is 12.7. The van der Waals surface area contributed by atoms with Crippen LogP contribution in [-0.4, -0.2) is 57.8 Å². The highest BCUT2D eigenvalue weighted by Gasteiger charge is 2.22. The molecule has 1 aromatic rings. The Morgan fingerprint density at radius 2 is 1.78 bits per heavy atom. The maximum Gasteiger partial charge on any atom is 0.310 e. The van der Waals surface area contributed by atoms with Crippen molar-refractivity contribution in [1.82, 2.24) is 4.90 Å². The Bertz CT molecular complexity index is 500. The number of amides is 1. The van der Waals surface area contributed by atoms with Crippen LogP contribution in [0.25, 0.3) is 0 Å². The fourth-order valence-corrected chi connectivity index (χ4v) is 2.20. The van der Waals surface area contributed by atoms with Gasteiger partial charge in [-0.2, -0.15) is 0 Å². The largest absolute Gasteiger partial charge is 0.497 e. The van der Waals surface area contributed by atoms with Crippen LogP contribution >= 0.6 is 0 Å². The molecule has 6 nitrogen and oxygen atoms in total. The lowest BCUT2D eigenvalue weighted by Gasteiger charge is -2.25. The van der Waals surface area contributed by atoms with Gasteiger partial charge in [-0.1, -0.05) is 6.92 Å². The molecular formula is C17H25NO5. The molecule has 0 saturated heterocycles. The fourth-order valence-electron chi connectivity index (χ4n) is 2.20. The van der Waals surface area contributed by atoms with Crippen LogP contribution in [-0.2, 0) is 14.3 Å². The minimum absolute atomic E-state index is 0.125. The van der Waals surface area contributed by atoms with E-state index in [1.807, 2.05) is 0 Å². The van der Waals surface area contributed by atoms with E-state index in [1.54, 1.807) is 50.3 Å². The predicted octanol–water partition coefficient (Wildman–Crippen LogP) is 1.98. The van der Waals surface area contributed by atoms with Crippen molar-refractivity contribution >= 4 is 11.9 Å². The zero-order valence-corrected chi connectivity index (χ0v) is 14.2. The Morgan fingerprint density at radius 3 is 2.30 bits per heavy atom. The highest BCUT2D eigenvalue weighted by molar-refractivity contribution is 5.94. The molecule has 0 aliphatic rings. The fraction of sp³-hybridized carbons (Fsp3) is 0.529. The summed E-state index contributed by atoms with van der Waals surface area (Å²) in [4.78, 5) is 26.0. The molecule has 1 unspecified atom stereocenters. The number of ether oxygens (including phenoxy) is 3. The number of hydrogen-bond acceptors (Lipinski definition) is 5. The van der Waals surface area contributed by atoms with Gasteiger partial charge in [-0.05, 0) is 30.7 Å². The van der Waals surface area contributed by atoms with Gasteiger partial charge in [0.1, 0.15) is 5.75 Å². The van der Waals surface area contributed by atoms with E-state index in [4.69, 9.17) is 14.2 Å². The van der Waals surface area contributed by atoms with Crippen molar-refractivity contribution in [1.29, 1.82) is 0 Å². The molecule has 0 aromatic heterocycles. The van der Waals surface area contributed by atoms with Crippen LogP contribution in [0.3, 0.4) is 0 Å². The van der Waals surface area contributed by atoms with Crippen molar-refractivity contribution < 1.29 is 23.8 Å². The highest BCUT2D eigenvalue weighted by atomic mass is 16.5. The summed E-state index contributed by atoms with van der Waals surface area (Å²) < 4.78 is 14.9. The van der Waals surface area contributed by atoms with E-state index in [0.717, 1.165) is 0 Å². The zero-order chi connectivity index (χ0) is 17.2. The van der Waals surface area contributed by atoms with Crippen LogP contribution in [0, 0.1) is 5.92 Å². The SMILES string of the molecule is COCCCN(CC(C)C(=O)OC)C(=O)c1ccc(OC)cc1. The molecule has 0 saturated carbocycles. The van der Waals surface area contributed by atoms with Crippen LogP contribution in [0.4, 0.5) is 0 Å². The molecule has 0 aliphatic heterocycles. The molecule has 128 valence electrons. The Labute approximate surface area is 137 Å². The second kappa shape index (κ2) is 9.84. The van der Waals surface area contributed by atoms with E-state index in [9.17, 15) is 9.59 Å². The third-order valence-corrected chi connectivity index (χ3v) is 3.50. The Kier molecular flexibility index (Phi) is 8.11. The van der Waals surface area contributed by atoms with Crippen molar-refractivity contribution in [2.24, 2.45) is 5.92 Å². The first kappa shape index (κ1) is 19.0. The molecule has 0 N–H and O–H groups in total. The maximum atomic E-state index is 12.7. The average Bonchev–Trinajstić information content (AvgIpc) is 2.59. The van der Waals surface area contributed by atoms with Crippen LogP contribution < -0.4 is 4.74 Å². The molecular weight excluding hydrogens is 298 g/mol. The minimum Gasteiger partial charge on any atom is -0.497 e. The third kappa shape index (κ3) is 5.90. The lowest BCUT2D eigenvalue weighted by molar-refractivity contribution is -0.145. The molecule has 0 fully saturated rings. The molecule has 1 rings (SSSR count). The number of hydrogen-bond donors (Lipinski definition) is 0. The number of rotatable bonds is 9. The predicted molar refractivity (Wildman–Crippen MR) is 86.6 cm³/mol. The normalized spacial score (nSPS) is 11.7. The summed E-state index contributed by atoms with van der Waals surface area (Å²) in [5.74, 6) is -0.149. The number of methoxy groups -OCH3 is 3. The second-order valence-electron chi connectivity index (χ2n) is 5.25. The first-order valence-corrected chi connectivity index (χ1v) is 7.53. The lowest BCUT2D eigenvalue weighted by Crippen LogP contribution is -2.38. The van der Waals surface area contributed by atoms with Gasteiger partial charge in [0, 0.05) is 32.4 Å². The van der Waals surface area contributed by atoms with Crippen molar-refractivity contribution in [2.75, 3.05) is 41.0 Å². The van der Waals surface area contributed by atoms with Gasteiger partial charge < -0.3 is 19.1 Å². The molecule has 0 aliphatic carbocycles. The van der Waals surface area contributed by atoms with Gasteiger partial charge in [0.2, 0.25) is 0 Å². The smallest absolute Gasteiger partial charge is 0.310 e. The summed E-state index contributed by atoms with van der Waals surface area (Å²) in [7, 11) is 4.54. The standard InChI is InChI=1S/C17H25NO5/c1-13(17(20)23-4)12-18(10-5-11-21-2)16(19)14-6-8-15(22-3)9-7-14/h6-9,13H,5,10-12H2,1-4H3. The van der Waals surface area contributed by atoms with Gasteiger partial charge in [-0.3, -0.25) is 9.59 Å². The van der Waals surface area contributed by atoms with E-state index in [0.29, 0.717) is 37.4 Å². The summed E-state index contributed by atoms with van der Waals surface area (Å²) in [6, 6.07) is 6.91. The summed E-state index contributed by atoms with van der Waals surface area (Å²) in [6.07, 6.45) is 0.701. The average molecular weight is 323 g/mol. The van der Waals surface area contributed by atoms with Crippen LogP contribution in [0.15, 0.2) is 24.3 Å². The van der Waals surface area contributed by atoms with Crippen molar-refractivity contribution in [3.05, 3.63) is 29.8 Å². The molecule has 6 heteroatoms. The highest BCUT2D eigenvalue weighted by Crippen LogP contribution is 2.14. The molecule has 0 radical (unpaired) electrons. The summed E-state index contributed by atoms with van der Waals surface area (Å²) in [6.45, 7) is 3.12. The monoisotopic (exact) mass is 323 g/mol. The topological polar surface area (TPSA) is 65.1 Å². The zero-order valence-electron chi connectivity index (χ0n) is 14.2. The molecule has 0 heterocycles. The van der Waals surface area contributed by atoms with Gasteiger partial charge in [0.25, 0.3) is 5.91 Å². The number of nitrogens with zero attached hydrogens (tertiary/aromatic N) is 1. The Balaban J connectivity index is 2.83. The van der Waals surface area contributed by atoms with Crippen LogP contribution in [0.5, 0.6) is 5.75 Å². The summed E-state index contributed by atoms with van der Waals surface area (Å²) in [5, 5.41) is 0. The molecule has 0 spiro atoms. The first-order valence-electron chi connectivity index (χ1n) is 7.53. The quantitative estimate of drug-likeness (QED) is 0.513. The van der Waals surface area contributed by atoms with Crippen LogP contribution in [0.2, 0.25) is 0 Å². The van der Waals surface area contributed by atoms with E-state index in [1.165, 1.54) is 7.11 Å². The number of esters is 1. The van der Waals surface area contributed by atoms with E-state index in [-0.39, 0.29) is 17.8 Å². The summed E-state index contributed by atoms with van der Waals surface area (Å²) >= 11 is 0. The second-order valence-corrected chi connectivity index (χ2v) is 5.25. The summed E-state index contributed by atoms with van der Waals surface area (Å²) in [5.41, 5.74) is 0.556. The Hall–Kier alpha value is -2.08. The molecule has 1 amide bonds.